The maximum atomic E-state index is 15.4. The standard InChI is InChI=1S/C24H27F2N5O3/c1-22(2,3)12-31-15-5-6-16(28-18(15)29(4)21(31)33)23-9-13-10-30(20(32)19-27-7-8-34-19)11-14(13)17(23)24(23,25)26/h5-8,13-14,17H,9-12H2,1-4H3. The molecule has 0 spiro atoms. The fourth-order valence-corrected chi connectivity index (χ4v) is 6.50. The number of pyridine rings is 1. The van der Waals surface area contributed by atoms with Gasteiger partial charge < -0.3 is 9.32 Å². The molecule has 1 amide bonds. The topological polar surface area (TPSA) is 86.2 Å². The van der Waals surface area contributed by atoms with Crippen LogP contribution in [0.4, 0.5) is 8.78 Å². The van der Waals surface area contributed by atoms with E-state index in [1.54, 1.807) is 28.6 Å². The molecule has 3 aromatic rings. The first-order valence-electron chi connectivity index (χ1n) is 11.6. The molecule has 4 heterocycles. The monoisotopic (exact) mass is 471 g/mol. The zero-order valence-corrected chi connectivity index (χ0v) is 19.6. The Morgan fingerprint density at radius 3 is 2.71 bits per heavy atom. The van der Waals surface area contributed by atoms with E-state index in [2.05, 4.69) is 9.97 Å². The average Bonchev–Trinajstić information content (AvgIpc) is 3.37. The number of rotatable bonds is 3. The Labute approximate surface area is 194 Å². The second kappa shape index (κ2) is 6.55. The van der Waals surface area contributed by atoms with Gasteiger partial charge in [0.15, 0.2) is 5.65 Å². The lowest BCUT2D eigenvalue weighted by Crippen LogP contribution is -2.30. The molecule has 8 nitrogen and oxygen atoms in total. The number of hydrogen-bond donors (Lipinski definition) is 0. The van der Waals surface area contributed by atoms with Crippen LogP contribution >= 0.6 is 0 Å². The van der Waals surface area contributed by atoms with Crippen LogP contribution in [0.15, 0.2) is 33.8 Å². The van der Waals surface area contributed by atoms with Crippen molar-refractivity contribution in [2.45, 2.75) is 45.1 Å². The molecule has 0 radical (unpaired) electrons. The van der Waals surface area contributed by atoms with Gasteiger partial charge in [0, 0.05) is 32.6 Å². The molecule has 2 aliphatic carbocycles. The van der Waals surface area contributed by atoms with Gasteiger partial charge in [-0.2, -0.15) is 0 Å². The maximum Gasteiger partial charge on any atom is 0.330 e. The lowest BCUT2D eigenvalue weighted by Gasteiger charge is -2.20. The Kier molecular flexibility index (Phi) is 4.14. The minimum Gasteiger partial charge on any atom is -0.441 e. The largest absolute Gasteiger partial charge is 0.441 e. The summed E-state index contributed by atoms with van der Waals surface area (Å²) in [5.74, 6) is -4.48. The van der Waals surface area contributed by atoms with Crippen molar-refractivity contribution in [3.8, 4) is 0 Å². The Morgan fingerprint density at radius 2 is 2.03 bits per heavy atom. The summed E-state index contributed by atoms with van der Waals surface area (Å²) < 4.78 is 39.0. The molecule has 34 heavy (non-hydrogen) atoms. The average molecular weight is 472 g/mol. The first-order chi connectivity index (χ1) is 16.0. The van der Waals surface area contributed by atoms with Gasteiger partial charge in [-0.15, -0.1) is 0 Å². The molecular weight excluding hydrogens is 444 g/mol. The highest BCUT2D eigenvalue weighted by molar-refractivity contribution is 5.89. The van der Waals surface area contributed by atoms with Crippen LogP contribution < -0.4 is 5.69 Å². The molecule has 0 bridgehead atoms. The Morgan fingerprint density at radius 1 is 1.26 bits per heavy atom. The van der Waals surface area contributed by atoms with Crippen molar-refractivity contribution in [1.29, 1.82) is 0 Å². The quantitative estimate of drug-likeness (QED) is 0.586. The van der Waals surface area contributed by atoms with E-state index in [9.17, 15) is 9.59 Å². The normalized spacial score (nSPS) is 29.5. The van der Waals surface area contributed by atoms with E-state index >= 15 is 8.78 Å². The van der Waals surface area contributed by atoms with E-state index < -0.39 is 17.3 Å². The predicted molar refractivity (Wildman–Crippen MR) is 119 cm³/mol. The van der Waals surface area contributed by atoms with Gasteiger partial charge in [-0.05, 0) is 35.8 Å². The number of halogens is 2. The Bertz CT molecular complexity index is 1370. The van der Waals surface area contributed by atoms with Gasteiger partial charge in [-0.1, -0.05) is 20.8 Å². The van der Waals surface area contributed by atoms with Crippen LogP contribution in [-0.2, 0) is 19.0 Å². The number of aromatic nitrogens is 4. The molecular formula is C24H27F2N5O3. The summed E-state index contributed by atoms with van der Waals surface area (Å²) in [6, 6.07) is 3.43. The summed E-state index contributed by atoms with van der Waals surface area (Å²) in [5.41, 5.74) is -0.226. The van der Waals surface area contributed by atoms with E-state index in [1.165, 1.54) is 17.0 Å². The third-order valence-electron chi connectivity index (χ3n) is 7.91. The molecule has 2 saturated carbocycles. The molecule has 6 rings (SSSR count). The minimum atomic E-state index is -2.90. The fraction of sp³-hybridized carbons (Fsp3) is 0.583. The van der Waals surface area contributed by atoms with Crippen LogP contribution in [-0.4, -0.2) is 48.9 Å². The number of nitrogens with zero attached hydrogens (tertiary/aromatic N) is 5. The minimum absolute atomic E-state index is 0.0124. The molecule has 4 atom stereocenters. The summed E-state index contributed by atoms with van der Waals surface area (Å²) in [4.78, 5) is 35.6. The molecule has 0 aromatic carbocycles. The number of oxazole rings is 1. The smallest absolute Gasteiger partial charge is 0.330 e. The van der Waals surface area contributed by atoms with Gasteiger partial charge in [-0.3, -0.25) is 13.9 Å². The number of hydrogen-bond acceptors (Lipinski definition) is 5. The third kappa shape index (κ3) is 2.68. The van der Waals surface area contributed by atoms with Crippen molar-refractivity contribution in [2.24, 2.45) is 30.2 Å². The lowest BCUT2D eigenvalue weighted by molar-refractivity contribution is 0.0448. The van der Waals surface area contributed by atoms with Crippen molar-refractivity contribution in [3.63, 3.8) is 0 Å². The highest BCUT2D eigenvalue weighted by Gasteiger charge is 2.88. The second-order valence-corrected chi connectivity index (χ2v) is 11.3. The van der Waals surface area contributed by atoms with Crippen molar-refractivity contribution < 1.29 is 18.0 Å². The van der Waals surface area contributed by atoms with Crippen LogP contribution in [0.25, 0.3) is 11.2 Å². The SMILES string of the molecule is Cn1c(=O)n(CC(C)(C)C)c2ccc(C34CC5CN(C(=O)c6ncco6)CC5C3C4(F)F)nc21. The number of amides is 1. The molecule has 10 heteroatoms. The molecule has 1 aliphatic heterocycles. The lowest BCUT2D eigenvalue weighted by atomic mass is 9.91. The summed E-state index contributed by atoms with van der Waals surface area (Å²) in [6.45, 7) is 7.30. The van der Waals surface area contributed by atoms with E-state index in [4.69, 9.17) is 4.42 Å². The molecule has 3 aliphatic rings. The highest BCUT2D eigenvalue weighted by atomic mass is 19.3. The molecule has 3 aromatic heterocycles. The summed E-state index contributed by atoms with van der Waals surface area (Å²) in [5, 5.41) is 0. The zero-order chi connectivity index (χ0) is 24.2. The van der Waals surface area contributed by atoms with Crippen molar-refractivity contribution in [1.82, 2.24) is 24.0 Å². The van der Waals surface area contributed by atoms with Crippen LogP contribution in [0.3, 0.4) is 0 Å². The number of imidazole rings is 1. The Hall–Kier alpha value is -3.04. The van der Waals surface area contributed by atoms with Gasteiger partial charge >= 0.3 is 11.6 Å². The fourth-order valence-electron chi connectivity index (χ4n) is 6.50. The van der Waals surface area contributed by atoms with Crippen LogP contribution in [0, 0.1) is 23.2 Å². The molecule has 1 saturated heterocycles. The van der Waals surface area contributed by atoms with Crippen LogP contribution in [0.1, 0.15) is 43.6 Å². The van der Waals surface area contributed by atoms with Gasteiger partial charge in [0.25, 0.3) is 11.8 Å². The van der Waals surface area contributed by atoms with Gasteiger partial charge in [0.2, 0.25) is 0 Å². The van der Waals surface area contributed by atoms with Crippen molar-refractivity contribution in [2.75, 3.05) is 13.1 Å². The van der Waals surface area contributed by atoms with Crippen molar-refractivity contribution in [3.05, 3.63) is 46.7 Å². The van der Waals surface area contributed by atoms with E-state index in [0.717, 1.165) is 0 Å². The molecule has 3 fully saturated rings. The third-order valence-corrected chi connectivity index (χ3v) is 7.91. The molecule has 180 valence electrons. The number of likely N-dealkylation sites (tertiary alicyclic amines) is 1. The maximum absolute atomic E-state index is 15.4. The Balaban J connectivity index is 1.33. The van der Waals surface area contributed by atoms with E-state index in [0.29, 0.717) is 29.9 Å². The summed E-state index contributed by atoms with van der Waals surface area (Å²) >= 11 is 0. The number of alkyl halides is 2. The van der Waals surface area contributed by atoms with Crippen LogP contribution in [0.5, 0.6) is 0 Å². The summed E-state index contributed by atoms with van der Waals surface area (Å²) in [7, 11) is 1.64. The number of carbonyl (C=O) groups excluding carboxylic acids is 1. The summed E-state index contributed by atoms with van der Waals surface area (Å²) in [6.07, 6.45) is 2.99. The van der Waals surface area contributed by atoms with E-state index in [1.807, 2.05) is 20.8 Å². The highest BCUT2D eigenvalue weighted by Crippen LogP contribution is 2.78. The van der Waals surface area contributed by atoms with Gasteiger partial charge in [0.05, 0.1) is 22.8 Å². The van der Waals surface area contributed by atoms with Crippen LogP contribution in [0.2, 0.25) is 0 Å². The number of aryl methyl sites for hydroxylation is 1. The zero-order valence-electron chi connectivity index (χ0n) is 19.6. The van der Waals surface area contributed by atoms with Crippen molar-refractivity contribution >= 4 is 17.1 Å². The second-order valence-electron chi connectivity index (χ2n) is 11.3. The molecule has 0 N–H and O–H groups in total. The number of carbonyl (C=O) groups is 1. The first kappa shape index (κ1) is 21.5. The number of fused-ring (bicyclic) bond motifs is 4. The van der Waals surface area contributed by atoms with E-state index in [-0.39, 0.29) is 47.7 Å². The predicted octanol–water partition coefficient (Wildman–Crippen LogP) is 3.06. The first-order valence-corrected chi connectivity index (χ1v) is 11.6. The van der Waals surface area contributed by atoms with Gasteiger partial charge in [-0.25, -0.2) is 23.5 Å². The van der Waals surface area contributed by atoms with Gasteiger partial charge in [0.1, 0.15) is 6.26 Å². The molecule has 4 unspecified atom stereocenters.